The Morgan fingerprint density at radius 3 is 2.94 bits per heavy atom. The van der Waals surface area contributed by atoms with Gasteiger partial charge in [-0.2, -0.15) is 0 Å². The van der Waals surface area contributed by atoms with E-state index in [2.05, 4.69) is 5.32 Å². The zero-order valence-corrected chi connectivity index (χ0v) is 10.6. The van der Waals surface area contributed by atoms with Crippen LogP contribution in [-0.4, -0.2) is 34.1 Å². The van der Waals surface area contributed by atoms with Gasteiger partial charge in [0.1, 0.15) is 0 Å². The molecule has 3 rings (SSSR count). The number of rotatable bonds is 3. The van der Waals surface area contributed by atoms with Crippen molar-refractivity contribution in [3.8, 4) is 0 Å². The number of carbonyl (C=O) groups excluding carboxylic acids is 1. The minimum Gasteiger partial charge on any atom is -0.396 e. The van der Waals surface area contributed by atoms with E-state index in [9.17, 15) is 4.79 Å². The summed E-state index contributed by atoms with van der Waals surface area (Å²) in [7, 11) is 0. The minimum atomic E-state index is -0.141. The maximum Gasteiger partial charge on any atom is 0.239 e. The summed E-state index contributed by atoms with van der Waals surface area (Å²) in [5.41, 5.74) is 0. The summed E-state index contributed by atoms with van der Waals surface area (Å²) < 4.78 is 0. The standard InChI is InChI=1S/C12H18N2O2S/c15-4-3-10-11(16)14-12(17-10)13-9-6-7-1-2-8(9)5-7/h7-10,15H,1-6H2,(H,13,14,16)/t7-,8-,9-,10?/m0/s1. The quantitative estimate of drug-likeness (QED) is 0.794. The molecule has 0 aromatic rings. The summed E-state index contributed by atoms with van der Waals surface area (Å²) >= 11 is 1.49. The number of fused-ring (bicyclic) bond motifs is 2. The molecule has 1 aliphatic heterocycles. The van der Waals surface area contributed by atoms with Gasteiger partial charge in [-0.3, -0.25) is 9.79 Å². The lowest BCUT2D eigenvalue weighted by Crippen LogP contribution is -2.26. The number of aliphatic hydroxyl groups is 1. The number of amidine groups is 1. The number of nitrogens with one attached hydrogen (secondary N) is 1. The van der Waals surface area contributed by atoms with Crippen molar-refractivity contribution in [1.82, 2.24) is 5.32 Å². The van der Waals surface area contributed by atoms with Crippen molar-refractivity contribution in [2.24, 2.45) is 16.8 Å². The molecule has 1 amide bonds. The summed E-state index contributed by atoms with van der Waals surface area (Å²) in [5, 5.41) is 12.3. The SMILES string of the molecule is O=C1NC(=N[C@H]2C[C@H]3CC[C@H]2C3)SC1CCO. The molecule has 5 heteroatoms. The molecule has 0 aromatic heterocycles. The molecule has 0 radical (unpaired) electrons. The number of aliphatic imine (C=N–C) groups is 1. The van der Waals surface area contributed by atoms with E-state index in [1.807, 2.05) is 0 Å². The summed E-state index contributed by atoms with van der Waals surface area (Å²) in [5.74, 6) is 1.64. The van der Waals surface area contributed by atoms with E-state index in [1.54, 1.807) is 0 Å². The Kier molecular flexibility index (Phi) is 3.13. The Labute approximate surface area is 105 Å². The lowest BCUT2D eigenvalue weighted by Gasteiger charge is -2.17. The Morgan fingerprint density at radius 1 is 1.41 bits per heavy atom. The van der Waals surface area contributed by atoms with Crippen LogP contribution in [0, 0.1) is 11.8 Å². The van der Waals surface area contributed by atoms with Crippen molar-refractivity contribution in [3.05, 3.63) is 0 Å². The van der Waals surface area contributed by atoms with Crippen LogP contribution in [0.5, 0.6) is 0 Å². The van der Waals surface area contributed by atoms with Gasteiger partial charge in [0.2, 0.25) is 5.91 Å². The molecule has 3 aliphatic rings. The third-order valence-corrected chi connectivity index (χ3v) is 5.32. The third-order valence-electron chi connectivity index (χ3n) is 4.15. The van der Waals surface area contributed by atoms with Crippen LogP contribution in [0.15, 0.2) is 4.99 Å². The van der Waals surface area contributed by atoms with Gasteiger partial charge >= 0.3 is 0 Å². The first kappa shape index (κ1) is 11.5. The van der Waals surface area contributed by atoms with Crippen LogP contribution >= 0.6 is 11.8 Å². The molecule has 1 unspecified atom stereocenters. The zero-order chi connectivity index (χ0) is 11.8. The van der Waals surface area contributed by atoms with Gasteiger partial charge in [0, 0.05) is 6.61 Å². The number of amides is 1. The summed E-state index contributed by atoms with van der Waals surface area (Å²) in [6.45, 7) is 0.0620. The van der Waals surface area contributed by atoms with E-state index in [4.69, 9.17) is 10.1 Å². The first-order valence-electron chi connectivity index (χ1n) is 6.42. The van der Waals surface area contributed by atoms with Gasteiger partial charge in [-0.05, 0) is 37.5 Å². The highest BCUT2D eigenvalue weighted by Crippen LogP contribution is 2.46. The van der Waals surface area contributed by atoms with Gasteiger partial charge in [-0.25, -0.2) is 0 Å². The molecule has 17 heavy (non-hydrogen) atoms. The fourth-order valence-corrected chi connectivity index (χ4v) is 4.31. The van der Waals surface area contributed by atoms with E-state index in [1.165, 1.54) is 37.4 Å². The molecular weight excluding hydrogens is 236 g/mol. The molecule has 2 saturated carbocycles. The lowest BCUT2D eigenvalue weighted by atomic mass is 9.96. The minimum absolute atomic E-state index is 0.00552. The second kappa shape index (κ2) is 4.61. The molecule has 1 heterocycles. The first-order chi connectivity index (χ1) is 8.26. The summed E-state index contributed by atoms with van der Waals surface area (Å²) in [6.07, 6.45) is 5.74. The van der Waals surface area contributed by atoms with E-state index < -0.39 is 0 Å². The van der Waals surface area contributed by atoms with Gasteiger partial charge in [0.05, 0.1) is 11.3 Å². The maximum atomic E-state index is 11.6. The van der Waals surface area contributed by atoms with E-state index in [-0.39, 0.29) is 17.8 Å². The predicted octanol–water partition coefficient (Wildman–Crippen LogP) is 1.14. The van der Waals surface area contributed by atoms with Crippen LogP contribution in [0.25, 0.3) is 0 Å². The molecule has 1 saturated heterocycles. The van der Waals surface area contributed by atoms with Gasteiger partial charge in [0.15, 0.2) is 5.17 Å². The van der Waals surface area contributed by atoms with Gasteiger partial charge in [0.25, 0.3) is 0 Å². The lowest BCUT2D eigenvalue weighted by molar-refractivity contribution is -0.119. The topological polar surface area (TPSA) is 61.7 Å². The number of aliphatic hydroxyl groups excluding tert-OH is 1. The Morgan fingerprint density at radius 2 is 2.29 bits per heavy atom. The Bertz CT molecular complexity index is 358. The van der Waals surface area contributed by atoms with Crippen LogP contribution < -0.4 is 5.32 Å². The number of hydrogen-bond donors (Lipinski definition) is 2. The molecule has 0 spiro atoms. The molecule has 4 atom stereocenters. The van der Waals surface area contributed by atoms with Crippen LogP contribution in [0.3, 0.4) is 0 Å². The molecule has 94 valence electrons. The van der Waals surface area contributed by atoms with Crippen molar-refractivity contribution < 1.29 is 9.90 Å². The largest absolute Gasteiger partial charge is 0.396 e. The highest BCUT2D eigenvalue weighted by molar-refractivity contribution is 8.15. The average molecular weight is 254 g/mol. The van der Waals surface area contributed by atoms with Crippen molar-refractivity contribution in [3.63, 3.8) is 0 Å². The molecule has 0 aromatic carbocycles. The maximum absolute atomic E-state index is 11.6. The second-order valence-electron chi connectivity index (χ2n) is 5.28. The normalized spacial score (nSPS) is 42.4. The molecule has 2 N–H and O–H groups in total. The van der Waals surface area contributed by atoms with Gasteiger partial charge < -0.3 is 10.4 Å². The molecular formula is C12H18N2O2S. The number of nitrogens with zero attached hydrogens (tertiary/aromatic N) is 1. The van der Waals surface area contributed by atoms with Gasteiger partial charge in [-0.15, -0.1) is 0 Å². The zero-order valence-electron chi connectivity index (χ0n) is 9.76. The monoisotopic (exact) mass is 254 g/mol. The molecule has 2 bridgehead atoms. The summed E-state index contributed by atoms with van der Waals surface area (Å²) in [4.78, 5) is 16.3. The number of thioether (sulfide) groups is 1. The fourth-order valence-electron chi connectivity index (χ4n) is 3.29. The first-order valence-corrected chi connectivity index (χ1v) is 7.30. The Balaban J connectivity index is 1.64. The number of hydrogen-bond acceptors (Lipinski definition) is 4. The second-order valence-corrected chi connectivity index (χ2v) is 6.48. The smallest absolute Gasteiger partial charge is 0.239 e. The predicted molar refractivity (Wildman–Crippen MR) is 67.9 cm³/mol. The van der Waals surface area contributed by atoms with Crippen LogP contribution in [-0.2, 0) is 4.79 Å². The molecule has 3 fully saturated rings. The number of carbonyl (C=O) groups is 1. The van der Waals surface area contributed by atoms with Crippen molar-refractivity contribution in [2.75, 3.05) is 6.61 Å². The van der Waals surface area contributed by atoms with E-state index in [0.29, 0.717) is 12.5 Å². The van der Waals surface area contributed by atoms with Crippen LogP contribution in [0.1, 0.15) is 32.1 Å². The third kappa shape index (κ3) is 2.22. The molecule has 2 aliphatic carbocycles. The van der Waals surface area contributed by atoms with Crippen LogP contribution in [0.4, 0.5) is 0 Å². The van der Waals surface area contributed by atoms with Crippen molar-refractivity contribution >= 4 is 22.8 Å². The van der Waals surface area contributed by atoms with Crippen molar-refractivity contribution in [2.45, 2.75) is 43.4 Å². The van der Waals surface area contributed by atoms with Crippen LogP contribution in [0.2, 0.25) is 0 Å². The molecule has 4 nitrogen and oxygen atoms in total. The van der Waals surface area contributed by atoms with E-state index >= 15 is 0 Å². The fraction of sp³-hybridized carbons (Fsp3) is 0.833. The highest BCUT2D eigenvalue weighted by atomic mass is 32.2. The summed E-state index contributed by atoms with van der Waals surface area (Å²) in [6, 6.07) is 0.435. The van der Waals surface area contributed by atoms with Gasteiger partial charge in [-0.1, -0.05) is 18.2 Å². The Hall–Kier alpha value is -0.550. The van der Waals surface area contributed by atoms with Crippen molar-refractivity contribution in [1.29, 1.82) is 0 Å². The highest BCUT2D eigenvalue weighted by Gasteiger charge is 2.40. The average Bonchev–Trinajstić information content (AvgIpc) is 2.96. The van der Waals surface area contributed by atoms with E-state index in [0.717, 1.165) is 17.0 Å².